The van der Waals surface area contributed by atoms with E-state index in [1.54, 1.807) is 6.92 Å². The second kappa shape index (κ2) is 7.16. The van der Waals surface area contributed by atoms with Gasteiger partial charge in [-0.05, 0) is 12.5 Å². The van der Waals surface area contributed by atoms with Crippen LogP contribution in [0.3, 0.4) is 0 Å². The molecule has 11 heteroatoms. The van der Waals surface area contributed by atoms with Crippen LogP contribution in [-0.4, -0.2) is 49.7 Å². The van der Waals surface area contributed by atoms with Crippen LogP contribution in [0, 0.1) is 10.1 Å². The topological polar surface area (TPSA) is 97.6 Å². The Hall–Kier alpha value is -2.17. The van der Waals surface area contributed by atoms with Crippen molar-refractivity contribution in [3.8, 4) is 0 Å². The zero-order valence-electron chi connectivity index (χ0n) is 12.8. The normalized spacial score (nSPS) is 12.0. The number of rotatable bonds is 6. The van der Waals surface area contributed by atoms with Crippen molar-refractivity contribution < 1.29 is 31.3 Å². The van der Waals surface area contributed by atoms with Crippen molar-refractivity contribution in [1.29, 1.82) is 0 Å². The summed E-state index contributed by atoms with van der Waals surface area (Å²) in [7, 11) is -3.89. The van der Waals surface area contributed by atoms with Gasteiger partial charge in [0.1, 0.15) is 6.54 Å². The number of halogens is 3. The fraction of sp³-hybridized carbons (Fsp3) is 0.462. The molecule has 0 bridgehead atoms. The van der Waals surface area contributed by atoms with Gasteiger partial charge in [-0.25, -0.2) is 8.42 Å². The van der Waals surface area contributed by atoms with Gasteiger partial charge in [-0.2, -0.15) is 13.2 Å². The molecule has 1 aromatic rings. The number of sulfone groups is 1. The van der Waals surface area contributed by atoms with Crippen molar-refractivity contribution in [1.82, 2.24) is 4.90 Å². The Morgan fingerprint density at radius 2 is 1.88 bits per heavy atom. The smallest absolute Gasteiger partial charge is 0.330 e. The molecule has 134 valence electrons. The van der Waals surface area contributed by atoms with Crippen molar-refractivity contribution in [2.24, 2.45) is 0 Å². The summed E-state index contributed by atoms with van der Waals surface area (Å²) in [4.78, 5) is 22.2. The summed E-state index contributed by atoms with van der Waals surface area (Å²) >= 11 is 0. The van der Waals surface area contributed by atoms with Gasteiger partial charge in [0.15, 0.2) is 9.84 Å². The zero-order chi connectivity index (χ0) is 18.7. The minimum atomic E-state index is -4.65. The molecule has 1 amide bonds. The Labute approximate surface area is 136 Å². The molecule has 0 aliphatic heterocycles. The summed E-state index contributed by atoms with van der Waals surface area (Å²) < 4.78 is 60.9. The van der Waals surface area contributed by atoms with E-state index in [0.717, 1.165) is 24.5 Å². The molecule has 0 heterocycles. The van der Waals surface area contributed by atoms with E-state index in [2.05, 4.69) is 0 Å². The molecule has 24 heavy (non-hydrogen) atoms. The summed E-state index contributed by atoms with van der Waals surface area (Å²) in [5, 5.41) is 10.9. The van der Waals surface area contributed by atoms with Crippen molar-refractivity contribution in [2.45, 2.75) is 24.4 Å². The summed E-state index contributed by atoms with van der Waals surface area (Å²) in [5.41, 5.74) is -1.17. The lowest BCUT2D eigenvalue weighted by Gasteiger charge is -2.23. The van der Waals surface area contributed by atoms with E-state index in [4.69, 9.17) is 0 Å². The molecule has 0 spiro atoms. The van der Waals surface area contributed by atoms with Crippen LogP contribution in [0.2, 0.25) is 0 Å². The van der Waals surface area contributed by atoms with E-state index < -0.39 is 49.5 Å². The van der Waals surface area contributed by atoms with E-state index in [9.17, 15) is 36.5 Å². The maximum atomic E-state index is 12.6. The molecule has 0 aliphatic carbocycles. The molecule has 0 atom stereocenters. The van der Waals surface area contributed by atoms with Gasteiger partial charge >= 0.3 is 6.18 Å². The molecule has 0 radical (unpaired) electrons. The Balaban J connectivity index is 3.38. The summed E-state index contributed by atoms with van der Waals surface area (Å²) in [6, 6.07) is 2.35. The maximum absolute atomic E-state index is 12.6. The second-order valence-electron chi connectivity index (χ2n) is 5.09. The first kappa shape index (κ1) is 19.9. The van der Waals surface area contributed by atoms with Gasteiger partial charge in [0.25, 0.3) is 11.6 Å². The van der Waals surface area contributed by atoms with Gasteiger partial charge < -0.3 is 4.90 Å². The van der Waals surface area contributed by atoms with Crippen LogP contribution < -0.4 is 0 Å². The highest BCUT2D eigenvalue weighted by Gasteiger charge is 2.33. The van der Waals surface area contributed by atoms with Gasteiger partial charge in [0, 0.05) is 30.5 Å². The molecule has 0 saturated heterocycles. The highest BCUT2D eigenvalue weighted by molar-refractivity contribution is 7.90. The molecule has 1 rings (SSSR count). The molecule has 1 aromatic carbocycles. The number of non-ortho nitro benzene ring substituents is 1. The Kier molecular flexibility index (Phi) is 5.93. The first-order chi connectivity index (χ1) is 10.8. The predicted octanol–water partition coefficient (Wildman–Crippen LogP) is 2.41. The molecule has 0 unspecified atom stereocenters. The highest BCUT2D eigenvalue weighted by Crippen LogP contribution is 2.24. The van der Waals surface area contributed by atoms with Crippen LogP contribution in [0.1, 0.15) is 23.7 Å². The van der Waals surface area contributed by atoms with Crippen LogP contribution in [0.25, 0.3) is 0 Å². The number of nitro benzene ring substituents is 1. The summed E-state index contributed by atoms with van der Waals surface area (Å²) in [5.74, 6) is -1.12. The number of carbonyl (C=O) groups is 1. The third kappa shape index (κ3) is 5.48. The van der Waals surface area contributed by atoms with E-state index in [1.807, 2.05) is 0 Å². The van der Waals surface area contributed by atoms with Crippen LogP contribution >= 0.6 is 0 Å². The molecule has 0 aliphatic rings. The average molecular weight is 368 g/mol. The third-order valence-corrected chi connectivity index (χ3v) is 4.02. The lowest BCUT2D eigenvalue weighted by atomic mass is 10.1. The monoisotopic (exact) mass is 368 g/mol. The molecular formula is C13H15F3N2O5S. The fourth-order valence-electron chi connectivity index (χ4n) is 1.95. The first-order valence-electron chi connectivity index (χ1n) is 6.70. The standard InChI is InChI=1S/C13H15F3N2O5S/c1-3-4-17(8-13(14,15)16)12(19)9-5-10(18(20)21)7-11(6-9)24(2,22)23/h5-7H,3-4,8H2,1-2H3. The number of amides is 1. The zero-order valence-corrected chi connectivity index (χ0v) is 13.6. The maximum Gasteiger partial charge on any atom is 0.406 e. The number of nitrogens with zero attached hydrogens (tertiary/aromatic N) is 2. The van der Waals surface area contributed by atoms with E-state index in [-0.39, 0.29) is 13.0 Å². The predicted molar refractivity (Wildman–Crippen MR) is 78.5 cm³/mol. The third-order valence-electron chi connectivity index (χ3n) is 2.93. The Morgan fingerprint density at radius 1 is 1.29 bits per heavy atom. The second-order valence-corrected chi connectivity index (χ2v) is 7.10. The minimum Gasteiger partial charge on any atom is -0.330 e. The summed E-state index contributed by atoms with van der Waals surface area (Å²) in [6.07, 6.45) is -3.64. The fourth-order valence-corrected chi connectivity index (χ4v) is 2.62. The molecule has 7 nitrogen and oxygen atoms in total. The van der Waals surface area contributed by atoms with Crippen LogP contribution in [0.15, 0.2) is 23.1 Å². The van der Waals surface area contributed by atoms with Crippen molar-refractivity contribution in [2.75, 3.05) is 19.3 Å². The van der Waals surface area contributed by atoms with Gasteiger partial charge in [0.2, 0.25) is 0 Å². The van der Waals surface area contributed by atoms with Gasteiger partial charge in [-0.15, -0.1) is 0 Å². The molecule has 0 fully saturated rings. The number of alkyl halides is 3. The van der Waals surface area contributed by atoms with Crippen LogP contribution in [-0.2, 0) is 9.84 Å². The summed E-state index contributed by atoms with van der Waals surface area (Å²) in [6.45, 7) is -0.197. The number of hydrogen-bond donors (Lipinski definition) is 0. The SMILES string of the molecule is CCCN(CC(F)(F)F)C(=O)c1cc([N+](=O)[O-])cc(S(C)(=O)=O)c1. The highest BCUT2D eigenvalue weighted by atomic mass is 32.2. The lowest BCUT2D eigenvalue weighted by molar-refractivity contribution is -0.385. The molecular weight excluding hydrogens is 353 g/mol. The van der Waals surface area contributed by atoms with Crippen molar-refractivity contribution in [3.63, 3.8) is 0 Å². The quantitative estimate of drug-likeness (QED) is 0.567. The number of hydrogen-bond acceptors (Lipinski definition) is 5. The average Bonchev–Trinajstić information content (AvgIpc) is 2.43. The first-order valence-corrected chi connectivity index (χ1v) is 8.60. The van der Waals surface area contributed by atoms with E-state index in [0.29, 0.717) is 4.90 Å². The van der Waals surface area contributed by atoms with Gasteiger partial charge in [-0.3, -0.25) is 14.9 Å². The molecule has 0 N–H and O–H groups in total. The van der Waals surface area contributed by atoms with Gasteiger partial charge in [0.05, 0.1) is 9.82 Å². The van der Waals surface area contributed by atoms with Crippen LogP contribution in [0.5, 0.6) is 0 Å². The Morgan fingerprint density at radius 3 is 2.29 bits per heavy atom. The van der Waals surface area contributed by atoms with Crippen molar-refractivity contribution in [3.05, 3.63) is 33.9 Å². The van der Waals surface area contributed by atoms with E-state index in [1.165, 1.54) is 0 Å². The number of carbonyl (C=O) groups excluding carboxylic acids is 1. The molecule has 0 aromatic heterocycles. The van der Waals surface area contributed by atoms with Crippen molar-refractivity contribution >= 4 is 21.4 Å². The lowest BCUT2D eigenvalue weighted by Crippen LogP contribution is -2.39. The van der Waals surface area contributed by atoms with Gasteiger partial charge in [-0.1, -0.05) is 6.92 Å². The Bertz CT molecular complexity index is 746. The minimum absolute atomic E-state index is 0.227. The largest absolute Gasteiger partial charge is 0.406 e. The van der Waals surface area contributed by atoms with E-state index >= 15 is 0 Å². The molecule has 0 saturated carbocycles. The number of nitro groups is 1. The number of benzene rings is 1. The van der Waals surface area contributed by atoms with Crippen LogP contribution in [0.4, 0.5) is 18.9 Å².